The summed E-state index contributed by atoms with van der Waals surface area (Å²) >= 11 is 0. The van der Waals surface area contributed by atoms with Gasteiger partial charge in [0.25, 0.3) is 0 Å². The topological polar surface area (TPSA) is 80.5 Å². The molecular formula is C14H22N2O3S. The van der Waals surface area contributed by atoms with E-state index in [-0.39, 0.29) is 0 Å². The van der Waals surface area contributed by atoms with Crippen LogP contribution in [0.3, 0.4) is 0 Å². The van der Waals surface area contributed by atoms with E-state index in [1.54, 1.807) is 24.3 Å². The SMILES string of the molecule is CCCN(C(=O)C(C)(C)S(C)(=O)=O)c1ccccc1N. The Hall–Kier alpha value is -1.56. The summed E-state index contributed by atoms with van der Waals surface area (Å²) < 4.78 is 22.2. The van der Waals surface area contributed by atoms with Crippen molar-refractivity contribution in [3.05, 3.63) is 24.3 Å². The number of hydrogen-bond acceptors (Lipinski definition) is 4. The van der Waals surface area contributed by atoms with Gasteiger partial charge >= 0.3 is 0 Å². The minimum Gasteiger partial charge on any atom is -0.397 e. The van der Waals surface area contributed by atoms with Gasteiger partial charge in [-0.2, -0.15) is 0 Å². The van der Waals surface area contributed by atoms with E-state index in [0.29, 0.717) is 24.3 Å². The minimum absolute atomic E-state index is 0.423. The Kier molecular flexibility index (Phi) is 4.81. The van der Waals surface area contributed by atoms with Gasteiger partial charge < -0.3 is 10.6 Å². The zero-order chi connectivity index (χ0) is 15.6. The molecule has 1 rings (SSSR count). The molecule has 0 heterocycles. The van der Waals surface area contributed by atoms with Crippen molar-refractivity contribution in [3.63, 3.8) is 0 Å². The first-order chi connectivity index (χ1) is 9.13. The van der Waals surface area contributed by atoms with Gasteiger partial charge in [-0.1, -0.05) is 19.1 Å². The molecule has 0 atom stereocenters. The molecule has 0 spiro atoms. The maximum absolute atomic E-state index is 12.6. The van der Waals surface area contributed by atoms with Crippen molar-refractivity contribution in [2.75, 3.05) is 23.4 Å². The van der Waals surface area contributed by atoms with Crippen LogP contribution >= 0.6 is 0 Å². The van der Waals surface area contributed by atoms with Crippen LogP contribution in [0.5, 0.6) is 0 Å². The Balaban J connectivity index is 3.29. The fraction of sp³-hybridized carbons (Fsp3) is 0.500. The second-order valence-electron chi connectivity index (χ2n) is 5.30. The molecule has 1 aromatic rings. The molecule has 0 saturated heterocycles. The third-order valence-electron chi connectivity index (χ3n) is 3.36. The largest absolute Gasteiger partial charge is 0.397 e. The minimum atomic E-state index is -3.52. The lowest BCUT2D eigenvalue weighted by molar-refractivity contribution is -0.120. The van der Waals surface area contributed by atoms with E-state index >= 15 is 0 Å². The van der Waals surface area contributed by atoms with Gasteiger partial charge in [-0.05, 0) is 32.4 Å². The lowest BCUT2D eigenvalue weighted by atomic mass is 10.1. The number of para-hydroxylation sites is 2. The highest BCUT2D eigenvalue weighted by atomic mass is 32.2. The molecule has 0 radical (unpaired) electrons. The van der Waals surface area contributed by atoms with Crippen molar-refractivity contribution in [3.8, 4) is 0 Å². The van der Waals surface area contributed by atoms with Crippen LogP contribution in [0.15, 0.2) is 24.3 Å². The number of nitrogens with two attached hydrogens (primary N) is 1. The smallest absolute Gasteiger partial charge is 0.247 e. The number of amides is 1. The average molecular weight is 298 g/mol. The summed E-state index contributed by atoms with van der Waals surface area (Å²) in [6.45, 7) is 5.19. The van der Waals surface area contributed by atoms with Crippen LogP contribution in [0.2, 0.25) is 0 Å². The molecule has 1 amide bonds. The van der Waals surface area contributed by atoms with Crippen LogP contribution in [0.25, 0.3) is 0 Å². The van der Waals surface area contributed by atoms with Gasteiger partial charge in [0.05, 0.1) is 11.4 Å². The summed E-state index contributed by atoms with van der Waals surface area (Å²) in [6.07, 6.45) is 1.78. The van der Waals surface area contributed by atoms with E-state index in [2.05, 4.69) is 0 Å². The number of sulfone groups is 1. The summed E-state index contributed by atoms with van der Waals surface area (Å²) in [5.74, 6) is -0.459. The molecule has 0 aromatic heterocycles. The molecule has 6 heteroatoms. The number of nitrogens with zero attached hydrogens (tertiary/aromatic N) is 1. The average Bonchev–Trinajstić information content (AvgIpc) is 2.35. The summed E-state index contributed by atoms with van der Waals surface area (Å²) in [6, 6.07) is 6.96. The standard InChI is InChI=1S/C14H22N2O3S/c1-5-10-16(12-9-7-6-8-11(12)15)13(17)14(2,3)20(4,18)19/h6-9H,5,10,15H2,1-4H3. The molecule has 112 valence electrons. The third-order valence-corrected chi connectivity index (χ3v) is 5.39. The number of carbonyl (C=O) groups excluding carboxylic acids is 1. The van der Waals surface area contributed by atoms with E-state index in [0.717, 1.165) is 6.26 Å². The molecular weight excluding hydrogens is 276 g/mol. The Morgan fingerprint density at radius 1 is 1.30 bits per heavy atom. The Bertz CT molecular complexity index is 594. The Morgan fingerprint density at radius 2 is 1.85 bits per heavy atom. The summed E-state index contributed by atoms with van der Waals surface area (Å²) in [5, 5.41) is 0. The third kappa shape index (κ3) is 3.12. The van der Waals surface area contributed by atoms with Gasteiger partial charge in [0.1, 0.15) is 4.75 Å². The van der Waals surface area contributed by atoms with E-state index in [1.165, 1.54) is 18.7 Å². The van der Waals surface area contributed by atoms with Gasteiger partial charge in [0.2, 0.25) is 5.91 Å². The summed E-state index contributed by atoms with van der Waals surface area (Å²) in [7, 11) is -3.52. The zero-order valence-electron chi connectivity index (χ0n) is 12.4. The maximum Gasteiger partial charge on any atom is 0.247 e. The highest BCUT2D eigenvalue weighted by molar-refractivity contribution is 7.92. The van der Waals surface area contributed by atoms with Gasteiger partial charge in [-0.25, -0.2) is 8.42 Å². The summed E-state index contributed by atoms with van der Waals surface area (Å²) in [5.41, 5.74) is 6.91. The molecule has 2 N–H and O–H groups in total. The number of anilines is 2. The van der Waals surface area contributed by atoms with Crippen LogP contribution in [-0.2, 0) is 14.6 Å². The van der Waals surface area contributed by atoms with E-state index < -0.39 is 20.5 Å². The number of carbonyl (C=O) groups is 1. The Labute approximate surface area is 120 Å². The Morgan fingerprint density at radius 3 is 2.30 bits per heavy atom. The van der Waals surface area contributed by atoms with Crippen molar-refractivity contribution in [2.24, 2.45) is 0 Å². The lowest BCUT2D eigenvalue weighted by Gasteiger charge is -2.31. The monoisotopic (exact) mass is 298 g/mol. The molecule has 0 bridgehead atoms. The molecule has 0 saturated carbocycles. The van der Waals surface area contributed by atoms with Crippen LogP contribution in [0.4, 0.5) is 11.4 Å². The van der Waals surface area contributed by atoms with Crippen molar-refractivity contribution in [2.45, 2.75) is 31.9 Å². The normalized spacial score (nSPS) is 12.2. The fourth-order valence-electron chi connectivity index (χ4n) is 1.77. The van der Waals surface area contributed by atoms with E-state index in [9.17, 15) is 13.2 Å². The van der Waals surface area contributed by atoms with Crippen LogP contribution < -0.4 is 10.6 Å². The van der Waals surface area contributed by atoms with Crippen molar-refractivity contribution < 1.29 is 13.2 Å². The van der Waals surface area contributed by atoms with Crippen LogP contribution in [0, 0.1) is 0 Å². The fourth-order valence-corrected chi connectivity index (χ4v) is 2.20. The summed E-state index contributed by atoms with van der Waals surface area (Å²) in [4.78, 5) is 14.1. The molecule has 0 aliphatic rings. The second-order valence-corrected chi connectivity index (χ2v) is 7.86. The van der Waals surface area contributed by atoms with Gasteiger partial charge in [0, 0.05) is 12.8 Å². The predicted molar refractivity (Wildman–Crippen MR) is 82.4 cm³/mol. The number of nitrogen functional groups attached to an aromatic ring is 1. The highest BCUT2D eigenvalue weighted by Crippen LogP contribution is 2.28. The predicted octanol–water partition coefficient (Wildman–Crippen LogP) is 1.84. The molecule has 0 fully saturated rings. The molecule has 1 aromatic carbocycles. The number of rotatable bonds is 5. The lowest BCUT2D eigenvalue weighted by Crippen LogP contribution is -2.50. The van der Waals surface area contributed by atoms with Crippen LogP contribution in [0.1, 0.15) is 27.2 Å². The van der Waals surface area contributed by atoms with Crippen molar-refractivity contribution in [1.29, 1.82) is 0 Å². The van der Waals surface area contributed by atoms with Gasteiger partial charge in [-0.15, -0.1) is 0 Å². The first-order valence-electron chi connectivity index (χ1n) is 6.49. The molecule has 0 aliphatic heterocycles. The van der Waals surface area contributed by atoms with Gasteiger partial charge in [0.15, 0.2) is 9.84 Å². The molecule has 0 aliphatic carbocycles. The number of hydrogen-bond donors (Lipinski definition) is 1. The zero-order valence-corrected chi connectivity index (χ0v) is 13.2. The molecule has 0 unspecified atom stereocenters. The first kappa shape index (κ1) is 16.5. The van der Waals surface area contributed by atoms with Crippen molar-refractivity contribution >= 4 is 27.1 Å². The van der Waals surface area contributed by atoms with E-state index in [4.69, 9.17) is 5.73 Å². The van der Waals surface area contributed by atoms with Crippen molar-refractivity contribution in [1.82, 2.24) is 0 Å². The van der Waals surface area contributed by atoms with Gasteiger partial charge in [-0.3, -0.25) is 4.79 Å². The maximum atomic E-state index is 12.6. The van der Waals surface area contributed by atoms with Crippen LogP contribution in [-0.4, -0.2) is 31.9 Å². The number of benzene rings is 1. The quantitative estimate of drug-likeness (QED) is 0.841. The second kappa shape index (κ2) is 5.83. The highest BCUT2D eigenvalue weighted by Gasteiger charge is 2.41. The molecule has 20 heavy (non-hydrogen) atoms. The molecule has 5 nitrogen and oxygen atoms in total. The first-order valence-corrected chi connectivity index (χ1v) is 8.38. The van der Waals surface area contributed by atoms with E-state index in [1.807, 2.05) is 6.92 Å².